The van der Waals surface area contributed by atoms with Crippen molar-refractivity contribution in [2.24, 2.45) is 0 Å². The van der Waals surface area contributed by atoms with E-state index in [1.54, 1.807) is 6.20 Å². The molecular formula is C14H8FN3. The molecule has 0 bridgehead atoms. The van der Waals surface area contributed by atoms with Crippen molar-refractivity contribution in [1.29, 1.82) is 5.26 Å². The van der Waals surface area contributed by atoms with Crippen LogP contribution in [0.15, 0.2) is 42.6 Å². The normalized spacial score (nSPS) is 10.4. The number of nitriles is 1. The van der Waals surface area contributed by atoms with Gasteiger partial charge in [0.2, 0.25) is 0 Å². The summed E-state index contributed by atoms with van der Waals surface area (Å²) in [4.78, 5) is 0. The van der Waals surface area contributed by atoms with Crippen LogP contribution in [0, 0.1) is 17.1 Å². The van der Waals surface area contributed by atoms with E-state index < -0.39 is 0 Å². The first-order chi connectivity index (χ1) is 8.79. The van der Waals surface area contributed by atoms with Crippen molar-refractivity contribution in [2.45, 2.75) is 0 Å². The van der Waals surface area contributed by atoms with Gasteiger partial charge in [-0.1, -0.05) is 12.1 Å². The van der Waals surface area contributed by atoms with E-state index in [9.17, 15) is 4.39 Å². The topological polar surface area (TPSA) is 52.5 Å². The van der Waals surface area contributed by atoms with E-state index in [0.29, 0.717) is 11.1 Å². The Morgan fingerprint density at radius 1 is 1.17 bits per heavy atom. The van der Waals surface area contributed by atoms with Crippen molar-refractivity contribution >= 4 is 10.9 Å². The van der Waals surface area contributed by atoms with Crippen molar-refractivity contribution in [3.05, 3.63) is 54.0 Å². The monoisotopic (exact) mass is 237 g/mol. The molecule has 0 radical (unpaired) electrons. The van der Waals surface area contributed by atoms with Gasteiger partial charge in [0.1, 0.15) is 5.82 Å². The summed E-state index contributed by atoms with van der Waals surface area (Å²) in [5.41, 5.74) is 2.70. The fraction of sp³-hybridized carbons (Fsp3) is 0. The number of hydrogen-bond acceptors (Lipinski definition) is 2. The van der Waals surface area contributed by atoms with Crippen LogP contribution in [0.2, 0.25) is 0 Å². The molecule has 1 heterocycles. The molecule has 86 valence electrons. The van der Waals surface area contributed by atoms with Gasteiger partial charge in [-0.25, -0.2) is 4.39 Å². The van der Waals surface area contributed by atoms with Gasteiger partial charge in [0, 0.05) is 10.9 Å². The molecule has 4 heteroatoms. The summed E-state index contributed by atoms with van der Waals surface area (Å²) in [6.45, 7) is 0. The Labute approximate surface area is 102 Å². The quantitative estimate of drug-likeness (QED) is 0.706. The van der Waals surface area contributed by atoms with Gasteiger partial charge in [0.25, 0.3) is 0 Å². The molecule has 1 N–H and O–H groups in total. The number of fused-ring (bicyclic) bond motifs is 1. The zero-order valence-corrected chi connectivity index (χ0v) is 9.31. The van der Waals surface area contributed by atoms with Crippen LogP contribution in [0.25, 0.3) is 22.0 Å². The van der Waals surface area contributed by atoms with Crippen molar-refractivity contribution in [3.63, 3.8) is 0 Å². The highest BCUT2D eigenvalue weighted by Gasteiger charge is 2.10. The standard InChI is InChI=1S/C14H8FN3/c15-10-5-4-9(7-16)12(6-10)11-2-1-3-14-13(11)8-17-18-14/h1-6,8H,(H,17,18). The number of aromatic nitrogens is 2. The van der Waals surface area contributed by atoms with Gasteiger partial charge in [-0.15, -0.1) is 0 Å². The van der Waals surface area contributed by atoms with E-state index >= 15 is 0 Å². The summed E-state index contributed by atoms with van der Waals surface area (Å²) in [7, 11) is 0. The molecular weight excluding hydrogens is 229 g/mol. The number of H-pyrrole nitrogens is 1. The predicted molar refractivity (Wildman–Crippen MR) is 66.2 cm³/mol. The minimum Gasteiger partial charge on any atom is -0.278 e. The number of nitrogens with one attached hydrogen (secondary N) is 1. The summed E-state index contributed by atoms with van der Waals surface area (Å²) in [5.74, 6) is -0.357. The van der Waals surface area contributed by atoms with Gasteiger partial charge in [0.15, 0.2) is 0 Å². The molecule has 0 saturated carbocycles. The lowest BCUT2D eigenvalue weighted by Crippen LogP contribution is -1.87. The zero-order chi connectivity index (χ0) is 12.5. The molecule has 0 aliphatic heterocycles. The molecule has 3 nitrogen and oxygen atoms in total. The molecule has 0 saturated heterocycles. The number of halogens is 1. The molecule has 18 heavy (non-hydrogen) atoms. The van der Waals surface area contributed by atoms with E-state index in [2.05, 4.69) is 16.3 Å². The van der Waals surface area contributed by atoms with Crippen molar-refractivity contribution in [1.82, 2.24) is 10.2 Å². The Kier molecular flexibility index (Phi) is 2.31. The molecule has 0 fully saturated rings. The summed E-state index contributed by atoms with van der Waals surface area (Å²) in [6.07, 6.45) is 1.68. The third-order valence-electron chi connectivity index (χ3n) is 2.88. The maximum Gasteiger partial charge on any atom is 0.123 e. The van der Waals surface area contributed by atoms with E-state index in [1.807, 2.05) is 18.2 Å². The predicted octanol–water partition coefficient (Wildman–Crippen LogP) is 3.24. The second-order valence-corrected chi connectivity index (χ2v) is 3.94. The van der Waals surface area contributed by atoms with Crippen LogP contribution >= 0.6 is 0 Å². The first kappa shape index (κ1) is 10.5. The first-order valence-electron chi connectivity index (χ1n) is 5.42. The van der Waals surface area contributed by atoms with Crippen molar-refractivity contribution in [2.75, 3.05) is 0 Å². The summed E-state index contributed by atoms with van der Waals surface area (Å²) >= 11 is 0. The highest BCUT2D eigenvalue weighted by atomic mass is 19.1. The lowest BCUT2D eigenvalue weighted by Gasteiger charge is -2.05. The molecule has 3 rings (SSSR count). The highest BCUT2D eigenvalue weighted by Crippen LogP contribution is 2.30. The largest absolute Gasteiger partial charge is 0.278 e. The van der Waals surface area contributed by atoms with Crippen molar-refractivity contribution in [3.8, 4) is 17.2 Å². The zero-order valence-electron chi connectivity index (χ0n) is 9.31. The van der Waals surface area contributed by atoms with E-state index in [-0.39, 0.29) is 5.82 Å². The van der Waals surface area contributed by atoms with Crippen LogP contribution in [0.1, 0.15) is 5.56 Å². The third kappa shape index (κ3) is 1.54. The molecule has 0 aliphatic carbocycles. The van der Waals surface area contributed by atoms with E-state index in [0.717, 1.165) is 16.5 Å². The smallest absolute Gasteiger partial charge is 0.123 e. The maximum atomic E-state index is 13.4. The average molecular weight is 237 g/mol. The van der Waals surface area contributed by atoms with Crippen LogP contribution < -0.4 is 0 Å². The summed E-state index contributed by atoms with van der Waals surface area (Å²) in [6, 6.07) is 11.8. The number of rotatable bonds is 1. The Balaban J connectivity index is 2.36. The van der Waals surface area contributed by atoms with Crippen LogP contribution in [0.3, 0.4) is 0 Å². The number of nitrogens with zero attached hydrogens (tertiary/aromatic N) is 2. The van der Waals surface area contributed by atoms with Gasteiger partial charge >= 0.3 is 0 Å². The van der Waals surface area contributed by atoms with E-state index in [4.69, 9.17) is 5.26 Å². The van der Waals surface area contributed by atoms with E-state index in [1.165, 1.54) is 18.2 Å². The molecule has 0 aliphatic rings. The second-order valence-electron chi connectivity index (χ2n) is 3.94. The van der Waals surface area contributed by atoms with Crippen LogP contribution in [0.4, 0.5) is 4.39 Å². The average Bonchev–Trinajstić information content (AvgIpc) is 2.86. The SMILES string of the molecule is N#Cc1ccc(F)cc1-c1cccc2[nH]ncc12. The lowest BCUT2D eigenvalue weighted by atomic mass is 9.97. The van der Waals surface area contributed by atoms with Gasteiger partial charge in [0.05, 0.1) is 23.3 Å². The molecule has 0 atom stereocenters. The first-order valence-corrected chi connectivity index (χ1v) is 5.42. The Morgan fingerprint density at radius 2 is 2.06 bits per heavy atom. The Morgan fingerprint density at radius 3 is 2.89 bits per heavy atom. The second kappa shape index (κ2) is 3.97. The summed E-state index contributed by atoms with van der Waals surface area (Å²) < 4.78 is 13.4. The van der Waals surface area contributed by atoms with Crippen LogP contribution in [-0.2, 0) is 0 Å². The Hall–Kier alpha value is -2.67. The van der Waals surface area contributed by atoms with Gasteiger partial charge in [-0.05, 0) is 29.8 Å². The lowest BCUT2D eigenvalue weighted by molar-refractivity contribution is 0.628. The van der Waals surface area contributed by atoms with Crippen molar-refractivity contribution < 1.29 is 4.39 Å². The molecule has 0 unspecified atom stereocenters. The maximum absolute atomic E-state index is 13.4. The number of hydrogen-bond donors (Lipinski definition) is 1. The fourth-order valence-electron chi connectivity index (χ4n) is 2.04. The number of aromatic amines is 1. The minimum atomic E-state index is -0.357. The molecule has 1 aromatic heterocycles. The fourth-order valence-corrected chi connectivity index (χ4v) is 2.04. The number of benzene rings is 2. The van der Waals surface area contributed by atoms with Gasteiger partial charge in [-0.3, -0.25) is 5.10 Å². The van der Waals surface area contributed by atoms with Crippen LogP contribution in [-0.4, -0.2) is 10.2 Å². The molecule has 3 aromatic rings. The van der Waals surface area contributed by atoms with Gasteiger partial charge < -0.3 is 0 Å². The molecule has 0 spiro atoms. The minimum absolute atomic E-state index is 0.357. The molecule has 0 amide bonds. The van der Waals surface area contributed by atoms with Gasteiger partial charge in [-0.2, -0.15) is 10.4 Å². The third-order valence-corrected chi connectivity index (χ3v) is 2.88. The highest BCUT2D eigenvalue weighted by molar-refractivity contribution is 5.95. The Bertz CT molecular complexity index is 768. The van der Waals surface area contributed by atoms with Crippen LogP contribution in [0.5, 0.6) is 0 Å². The molecule has 2 aromatic carbocycles. The summed E-state index contributed by atoms with van der Waals surface area (Å²) in [5, 5.41) is 16.8.